The number of H-pyrrole nitrogens is 1. The number of para-hydroxylation sites is 1. The van der Waals surface area contributed by atoms with E-state index in [1.54, 1.807) is 86.8 Å². The number of primary amides is 1. The number of aromatic amines is 1. The number of likely N-dealkylation sites (tertiary alicyclic amines) is 1. The van der Waals surface area contributed by atoms with Crippen LogP contribution in [-0.2, 0) is 83.2 Å². The van der Waals surface area contributed by atoms with Crippen molar-refractivity contribution < 1.29 is 78.0 Å². The van der Waals surface area contributed by atoms with E-state index in [1.165, 1.54) is 41.3 Å². The maximum Gasteiger partial charge on any atom is 0.326 e. The van der Waals surface area contributed by atoms with Crippen LogP contribution in [-0.4, -0.2) is 175 Å². The van der Waals surface area contributed by atoms with Crippen LogP contribution in [0.1, 0.15) is 94.9 Å². The van der Waals surface area contributed by atoms with Gasteiger partial charge in [-0.3, -0.25) is 52.7 Å². The van der Waals surface area contributed by atoms with E-state index in [2.05, 4.69) is 47.5 Å². The Morgan fingerprint density at radius 3 is 1.57 bits per heavy atom. The molecule has 1 aliphatic heterocycles. The lowest BCUT2D eigenvalue weighted by molar-refractivity contribution is -0.144. The highest BCUT2D eigenvalue weighted by atomic mass is 16.4. The predicted molar refractivity (Wildman–Crippen MR) is 350 cm³/mol. The largest absolute Gasteiger partial charge is 0.508 e. The van der Waals surface area contributed by atoms with E-state index in [1.807, 2.05) is 13.8 Å². The predicted octanol–water partition coefficient (Wildman–Crippen LogP) is -0.0779. The minimum atomic E-state index is -1.99. The molecule has 19 N–H and O–H groups in total. The topological polar surface area (TPSA) is 479 Å². The molecule has 1 fully saturated rings. The fraction of sp³-hybridized carbons (Fsp3) is 0.433. The van der Waals surface area contributed by atoms with E-state index in [0.717, 1.165) is 0 Å². The minimum Gasteiger partial charge on any atom is -0.508 e. The highest BCUT2D eigenvalue weighted by Crippen LogP contribution is 2.24. The van der Waals surface area contributed by atoms with Crippen LogP contribution in [0.15, 0.2) is 109 Å². The van der Waals surface area contributed by atoms with Crippen LogP contribution in [0.25, 0.3) is 10.9 Å². The molecule has 1 saturated heterocycles. The van der Waals surface area contributed by atoms with Crippen LogP contribution in [0.2, 0.25) is 0 Å². The van der Waals surface area contributed by atoms with Gasteiger partial charge in [-0.2, -0.15) is 0 Å². The summed E-state index contributed by atoms with van der Waals surface area (Å²) < 4.78 is 0. The SMILES string of the molecule is CC(C)C[C@H](NC(=O)[C@H](CCCN)NC(=O)[C@@H](N)C(C)C)C(=O)N[C@@H](Cc1ccc(O)cc1)C(=O)N1CCC[C@H]1C(=O)N[C@@H](Cc1ccccc1)C(=O)N[C@@H](Cc1c[nH]c2ccccc12)C(=O)N[C@@H](CC(N)=O)C(=O)N[C@@H](CC(=O)O)C(=O)N[C@@H](Cc1ccc(O)cc1)C(=O)O. The van der Waals surface area contributed by atoms with Crippen LogP contribution >= 0.6 is 0 Å². The van der Waals surface area contributed by atoms with Crippen molar-refractivity contribution in [2.45, 2.75) is 159 Å². The second-order valence-corrected chi connectivity index (χ2v) is 24.6. The van der Waals surface area contributed by atoms with Crippen molar-refractivity contribution >= 4 is 81.9 Å². The molecule has 10 atom stereocenters. The van der Waals surface area contributed by atoms with Gasteiger partial charge in [0.05, 0.1) is 18.9 Å². The van der Waals surface area contributed by atoms with Gasteiger partial charge in [0.25, 0.3) is 0 Å². The first-order valence-corrected chi connectivity index (χ1v) is 31.7. The number of hydrogen-bond donors (Lipinski definition) is 16. The molecule has 5 aromatic rings. The van der Waals surface area contributed by atoms with Crippen LogP contribution in [0.5, 0.6) is 11.5 Å². The molecule has 1 aromatic heterocycles. The molecule has 0 spiro atoms. The van der Waals surface area contributed by atoms with E-state index in [4.69, 9.17) is 17.2 Å². The second kappa shape index (κ2) is 35.7. The number of amides is 10. The van der Waals surface area contributed by atoms with Gasteiger partial charge in [-0.1, -0.05) is 100 Å². The lowest BCUT2D eigenvalue weighted by Gasteiger charge is -2.31. The smallest absolute Gasteiger partial charge is 0.326 e. The number of nitrogens with two attached hydrogens (primary N) is 3. The highest BCUT2D eigenvalue weighted by molar-refractivity contribution is 6.00. The lowest BCUT2D eigenvalue weighted by Crippen LogP contribution is -2.61. The van der Waals surface area contributed by atoms with Gasteiger partial charge < -0.3 is 90.0 Å². The van der Waals surface area contributed by atoms with Crippen molar-refractivity contribution in [2.24, 2.45) is 29.0 Å². The molecule has 0 aliphatic carbocycles. The summed E-state index contributed by atoms with van der Waals surface area (Å²) in [7, 11) is 0. The number of carboxylic acid groups (broad SMARTS) is 2. The Morgan fingerprint density at radius 2 is 1.01 bits per heavy atom. The Morgan fingerprint density at radius 1 is 0.542 bits per heavy atom. The molecule has 29 nitrogen and oxygen atoms in total. The summed E-state index contributed by atoms with van der Waals surface area (Å²) in [6, 6.07) is 11.9. The Labute approximate surface area is 554 Å². The number of carboxylic acids is 2. The van der Waals surface area contributed by atoms with Crippen molar-refractivity contribution in [3.63, 3.8) is 0 Å². The number of aromatic nitrogens is 1. The van der Waals surface area contributed by atoms with Crippen LogP contribution in [0.4, 0.5) is 0 Å². The molecule has 0 unspecified atom stereocenters. The molecule has 10 amide bonds. The Kier molecular flexibility index (Phi) is 27.8. The van der Waals surface area contributed by atoms with Gasteiger partial charge in [-0.05, 0) is 103 Å². The van der Waals surface area contributed by atoms with Gasteiger partial charge in [-0.25, -0.2) is 4.79 Å². The summed E-state index contributed by atoms with van der Waals surface area (Å²) in [4.78, 5) is 171. The van der Waals surface area contributed by atoms with Gasteiger partial charge in [0.1, 0.15) is 65.9 Å². The monoisotopic (exact) mass is 1330 g/mol. The molecule has 96 heavy (non-hydrogen) atoms. The zero-order chi connectivity index (χ0) is 70.3. The molecule has 516 valence electrons. The van der Waals surface area contributed by atoms with E-state index in [0.29, 0.717) is 46.0 Å². The zero-order valence-corrected chi connectivity index (χ0v) is 53.9. The third kappa shape index (κ3) is 22.4. The standard InChI is InChI=1S/C67H87N13O16/c1-36(2)28-47(73-58(86)46(16-10-26-68)72-65(93)57(70)37(3)4)59(87)78-52(30-39-18-22-42(81)23-19-39)66(94)80-27-11-17-54(80)64(92)77-48(29-38-12-6-5-7-13-38)60(88)74-49(32-41-35-71-45-15-9-8-14-44(41)45)61(89)75-50(33-55(69)83)62(90)76-51(34-56(84)85)63(91)79-53(67(95)96)31-40-20-24-43(82)25-21-40/h5-9,12-15,18-25,35-37,46-54,57,71,81-82H,10-11,16-17,26-34,68,70H2,1-4H3,(H2,69,83)(H,72,93)(H,73,86)(H,74,88)(H,75,89)(H,76,90)(H,77,92)(H,78,87)(H,79,91)(H,84,85)(H,95,96)/t46-,47-,48-,49-,50-,51-,52-,53-,54-,57-/m0/s1. The van der Waals surface area contributed by atoms with Crippen LogP contribution < -0.4 is 59.7 Å². The molecule has 29 heteroatoms. The Balaban J connectivity index is 1.28. The van der Waals surface area contributed by atoms with Crippen molar-refractivity contribution in [2.75, 3.05) is 13.1 Å². The molecule has 0 radical (unpaired) electrons. The normalized spacial score (nSPS) is 15.7. The van der Waals surface area contributed by atoms with Crippen molar-refractivity contribution in [3.8, 4) is 11.5 Å². The fourth-order valence-electron chi connectivity index (χ4n) is 11.0. The Hall–Kier alpha value is -10.4. The van der Waals surface area contributed by atoms with Gasteiger partial charge in [0, 0.05) is 49.3 Å². The highest BCUT2D eigenvalue weighted by Gasteiger charge is 2.41. The molecular weight excluding hydrogens is 1240 g/mol. The molecule has 1 aliphatic rings. The molecule has 4 aromatic carbocycles. The summed E-state index contributed by atoms with van der Waals surface area (Å²) in [5.41, 5.74) is 20.0. The number of benzene rings is 4. The molecule has 2 heterocycles. The molecule has 0 saturated carbocycles. The summed E-state index contributed by atoms with van der Waals surface area (Å²) >= 11 is 0. The van der Waals surface area contributed by atoms with Gasteiger partial charge in [0.2, 0.25) is 59.1 Å². The molecule has 0 bridgehead atoms. The first kappa shape index (κ1) is 74.6. The number of rotatable bonds is 36. The summed E-state index contributed by atoms with van der Waals surface area (Å²) in [5, 5.41) is 60.9. The fourth-order valence-corrected chi connectivity index (χ4v) is 11.0. The maximum absolute atomic E-state index is 15.1. The Bertz CT molecular complexity index is 3550. The van der Waals surface area contributed by atoms with Crippen molar-refractivity contribution in [1.82, 2.24) is 52.4 Å². The maximum atomic E-state index is 15.1. The summed E-state index contributed by atoms with van der Waals surface area (Å²) in [6.07, 6.45) is -0.521. The van der Waals surface area contributed by atoms with Crippen molar-refractivity contribution in [1.29, 1.82) is 0 Å². The second-order valence-electron chi connectivity index (χ2n) is 24.6. The van der Waals surface area contributed by atoms with E-state index < -0.39 is 144 Å². The summed E-state index contributed by atoms with van der Waals surface area (Å²) in [5.74, 6) is -13.1. The number of aliphatic carboxylic acids is 2. The van der Waals surface area contributed by atoms with E-state index >= 15 is 9.59 Å². The van der Waals surface area contributed by atoms with Crippen molar-refractivity contribution in [3.05, 3.63) is 132 Å². The number of carbonyl (C=O) groups is 12. The number of carbonyl (C=O) groups excluding carboxylic acids is 10. The van der Waals surface area contributed by atoms with Gasteiger partial charge in [0.15, 0.2) is 0 Å². The van der Waals surface area contributed by atoms with Gasteiger partial charge in [-0.15, -0.1) is 0 Å². The van der Waals surface area contributed by atoms with E-state index in [9.17, 15) is 68.4 Å². The number of aromatic hydroxyl groups is 2. The quantitative estimate of drug-likeness (QED) is 0.0249. The van der Waals surface area contributed by atoms with Crippen LogP contribution in [0, 0.1) is 11.8 Å². The first-order chi connectivity index (χ1) is 45.6. The number of hydrogen-bond acceptors (Lipinski definition) is 16. The van der Waals surface area contributed by atoms with Crippen LogP contribution in [0.3, 0.4) is 0 Å². The summed E-state index contributed by atoms with van der Waals surface area (Å²) in [6.45, 7) is 7.35. The average molecular weight is 1330 g/mol. The van der Waals surface area contributed by atoms with E-state index in [-0.39, 0.29) is 81.4 Å². The number of nitrogens with zero attached hydrogens (tertiary/aromatic N) is 1. The number of phenolic OH excluding ortho intramolecular Hbond substituents is 2. The zero-order valence-electron chi connectivity index (χ0n) is 53.9. The third-order valence-corrected chi connectivity index (χ3v) is 16.2. The average Bonchev–Trinajstić information content (AvgIpc) is 1.61. The molecular formula is C67H87N13O16. The number of fused-ring (bicyclic) bond motifs is 1. The first-order valence-electron chi connectivity index (χ1n) is 31.7. The lowest BCUT2D eigenvalue weighted by atomic mass is 9.99. The van der Waals surface area contributed by atoms with Gasteiger partial charge >= 0.3 is 11.9 Å². The number of nitrogens with one attached hydrogen (secondary N) is 9. The third-order valence-electron chi connectivity index (χ3n) is 16.2. The number of phenols is 2. The minimum absolute atomic E-state index is 0.0140. The molecule has 6 rings (SSSR count).